The molecular weight excluding hydrogens is 374 g/mol. The van der Waals surface area contributed by atoms with Gasteiger partial charge in [0.05, 0.1) is 23.1 Å². The van der Waals surface area contributed by atoms with E-state index in [2.05, 4.69) is 42.6 Å². The Hall–Kier alpha value is -3.58. The number of piperidine rings is 1. The second-order valence-electron chi connectivity index (χ2n) is 7.80. The summed E-state index contributed by atoms with van der Waals surface area (Å²) in [7, 11) is 0. The highest BCUT2D eigenvalue weighted by atomic mass is 15.1. The first kappa shape index (κ1) is 17.3. The van der Waals surface area contributed by atoms with Crippen LogP contribution in [0.3, 0.4) is 0 Å². The van der Waals surface area contributed by atoms with Crippen molar-refractivity contribution in [1.82, 2.24) is 35.5 Å². The summed E-state index contributed by atoms with van der Waals surface area (Å²) in [5, 5.41) is 13.3. The number of nitrogens with one attached hydrogen (secondary N) is 3. The Kier molecular flexibility index (Phi) is 4.06. The maximum absolute atomic E-state index is 4.71. The number of nitrogens with zero attached hydrogens (tertiary/aromatic N) is 4. The zero-order valence-corrected chi connectivity index (χ0v) is 16.4. The zero-order valence-electron chi connectivity index (χ0n) is 16.4. The van der Waals surface area contributed by atoms with Crippen molar-refractivity contribution in [1.29, 1.82) is 0 Å². The van der Waals surface area contributed by atoms with E-state index in [0.29, 0.717) is 5.92 Å². The Bertz CT molecular complexity index is 1330. The van der Waals surface area contributed by atoms with Crippen molar-refractivity contribution >= 4 is 21.8 Å². The fraction of sp³-hybridized carbons (Fsp3) is 0.217. The van der Waals surface area contributed by atoms with Gasteiger partial charge in [0, 0.05) is 52.1 Å². The lowest BCUT2D eigenvalue weighted by molar-refractivity contribution is 0.453. The number of aromatic nitrogens is 6. The van der Waals surface area contributed by atoms with Crippen LogP contribution in [0.4, 0.5) is 0 Å². The summed E-state index contributed by atoms with van der Waals surface area (Å²) in [6.07, 6.45) is 9.60. The summed E-state index contributed by atoms with van der Waals surface area (Å²) in [6, 6.07) is 10.3. The van der Waals surface area contributed by atoms with E-state index in [1.807, 2.05) is 36.8 Å². The van der Waals surface area contributed by atoms with Gasteiger partial charge in [-0.15, -0.1) is 0 Å². The molecule has 6 heterocycles. The molecule has 5 aromatic rings. The topological polar surface area (TPSA) is 95.2 Å². The van der Waals surface area contributed by atoms with E-state index in [9.17, 15) is 0 Å². The standard InChI is InChI=1S/C23H21N7/c1-2-15(12-25-6-1)22-16-11-20(28-18(16)5-9-26-22)23-17-10-19(14-3-7-24-8-4-14)27-13-21(17)29-30-23/h1-2,5-6,9-14,24,28H,3-4,7-8H2,(H,29,30). The molecule has 0 radical (unpaired) electrons. The molecule has 0 unspecified atom stereocenters. The maximum Gasteiger partial charge on any atom is 0.116 e. The summed E-state index contributed by atoms with van der Waals surface area (Å²) < 4.78 is 0. The van der Waals surface area contributed by atoms with Gasteiger partial charge in [-0.25, -0.2) is 0 Å². The van der Waals surface area contributed by atoms with Gasteiger partial charge in [-0.05, 0) is 56.3 Å². The van der Waals surface area contributed by atoms with Gasteiger partial charge in [0.25, 0.3) is 0 Å². The summed E-state index contributed by atoms with van der Waals surface area (Å²) in [5.41, 5.74) is 6.93. The molecule has 0 amide bonds. The first-order valence-electron chi connectivity index (χ1n) is 10.3. The molecule has 1 aliphatic heterocycles. The van der Waals surface area contributed by atoms with Crippen molar-refractivity contribution in [3.8, 4) is 22.6 Å². The monoisotopic (exact) mass is 395 g/mol. The van der Waals surface area contributed by atoms with Gasteiger partial charge in [0.2, 0.25) is 0 Å². The summed E-state index contributed by atoms with van der Waals surface area (Å²) in [5.74, 6) is 0.502. The Labute approximate surface area is 173 Å². The summed E-state index contributed by atoms with van der Waals surface area (Å²) in [6.45, 7) is 2.10. The van der Waals surface area contributed by atoms with Gasteiger partial charge >= 0.3 is 0 Å². The van der Waals surface area contributed by atoms with E-state index in [1.54, 1.807) is 6.20 Å². The number of rotatable bonds is 3. The van der Waals surface area contributed by atoms with Gasteiger partial charge in [0.1, 0.15) is 5.69 Å². The molecule has 7 nitrogen and oxygen atoms in total. The molecule has 6 rings (SSSR count). The van der Waals surface area contributed by atoms with Crippen LogP contribution in [-0.4, -0.2) is 43.2 Å². The molecule has 0 aliphatic carbocycles. The lowest BCUT2D eigenvalue weighted by Crippen LogP contribution is -2.27. The van der Waals surface area contributed by atoms with Crippen LogP contribution in [0.25, 0.3) is 44.5 Å². The maximum atomic E-state index is 4.71. The van der Waals surface area contributed by atoms with Gasteiger partial charge < -0.3 is 10.3 Å². The molecule has 3 N–H and O–H groups in total. The second kappa shape index (κ2) is 7.03. The van der Waals surface area contributed by atoms with Gasteiger partial charge in [0.15, 0.2) is 0 Å². The third kappa shape index (κ3) is 2.86. The fourth-order valence-electron chi connectivity index (χ4n) is 4.39. The second-order valence-corrected chi connectivity index (χ2v) is 7.80. The van der Waals surface area contributed by atoms with E-state index in [4.69, 9.17) is 4.98 Å². The highest BCUT2D eigenvalue weighted by Crippen LogP contribution is 2.34. The van der Waals surface area contributed by atoms with Crippen LogP contribution in [0.2, 0.25) is 0 Å². The number of hydrogen-bond donors (Lipinski definition) is 3. The number of aromatic amines is 2. The van der Waals surface area contributed by atoms with Crippen LogP contribution < -0.4 is 5.32 Å². The Morgan fingerprint density at radius 2 is 1.77 bits per heavy atom. The number of hydrogen-bond acceptors (Lipinski definition) is 5. The molecule has 148 valence electrons. The van der Waals surface area contributed by atoms with E-state index in [0.717, 1.165) is 76.1 Å². The van der Waals surface area contributed by atoms with E-state index in [1.165, 1.54) is 0 Å². The lowest BCUT2D eigenvalue weighted by atomic mass is 9.93. The third-order valence-corrected chi connectivity index (χ3v) is 5.96. The van der Waals surface area contributed by atoms with Gasteiger partial charge in [-0.2, -0.15) is 5.10 Å². The van der Waals surface area contributed by atoms with E-state index >= 15 is 0 Å². The van der Waals surface area contributed by atoms with E-state index < -0.39 is 0 Å². The minimum absolute atomic E-state index is 0.502. The molecule has 0 saturated carbocycles. The third-order valence-electron chi connectivity index (χ3n) is 5.96. The van der Waals surface area contributed by atoms with Gasteiger partial charge in [-0.1, -0.05) is 0 Å². The van der Waals surface area contributed by atoms with Crippen LogP contribution >= 0.6 is 0 Å². The first-order chi connectivity index (χ1) is 14.9. The predicted molar refractivity (Wildman–Crippen MR) is 117 cm³/mol. The molecular formula is C23H21N7. The van der Waals surface area contributed by atoms with Crippen LogP contribution in [0.5, 0.6) is 0 Å². The van der Waals surface area contributed by atoms with Gasteiger partial charge in [-0.3, -0.25) is 20.1 Å². The molecule has 1 saturated heterocycles. The highest BCUT2D eigenvalue weighted by molar-refractivity contribution is 5.99. The quantitative estimate of drug-likeness (QED) is 0.429. The van der Waals surface area contributed by atoms with Crippen LogP contribution in [-0.2, 0) is 0 Å². The molecule has 5 aromatic heterocycles. The number of H-pyrrole nitrogens is 2. The molecule has 1 fully saturated rings. The molecule has 0 aromatic carbocycles. The molecule has 30 heavy (non-hydrogen) atoms. The van der Waals surface area contributed by atoms with Crippen molar-refractivity contribution in [2.75, 3.05) is 13.1 Å². The fourth-order valence-corrected chi connectivity index (χ4v) is 4.39. The lowest BCUT2D eigenvalue weighted by Gasteiger charge is -2.22. The smallest absolute Gasteiger partial charge is 0.116 e. The predicted octanol–water partition coefficient (Wildman–Crippen LogP) is 4.03. The highest BCUT2D eigenvalue weighted by Gasteiger charge is 2.19. The summed E-state index contributed by atoms with van der Waals surface area (Å²) >= 11 is 0. The Balaban J connectivity index is 1.47. The summed E-state index contributed by atoms with van der Waals surface area (Å²) in [4.78, 5) is 17.1. The normalized spacial score (nSPS) is 15.2. The molecule has 0 spiro atoms. The number of fused-ring (bicyclic) bond motifs is 2. The van der Waals surface area contributed by atoms with Crippen molar-refractivity contribution < 1.29 is 0 Å². The molecule has 0 bridgehead atoms. The van der Waals surface area contributed by atoms with Crippen molar-refractivity contribution in [3.63, 3.8) is 0 Å². The zero-order chi connectivity index (χ0) is 19.9. The van der Waals surface area contributed by atoms with Crippen molar-refractivity contribution in [3.05, 3.63) is 60.8 Å². The van der Waals surface area contributed by atoms with Crippen LogP contribution in [0.15, 0.2) is 55.1 Å². The minimum Gasteiger partial charge on any atom is -0.353 e. The Morgan fingerprint density at radius 1 is 0.867 bits per heavy atom. The largest absolute Gasteiger partial charge is 0.353 e. The molecule has 7 heteroatoms. The minimum atomic E-state index is 0.502. The number of pyridine rings is 3. The first-order valence-corrected chi connectivity index (χ1v) is 10.3. The SMILES string of the molecule is c1cncc(-c2nccc3[nH]c(-c4n[nH]c5cnc(C6CCNCC6)cc45)cc23)c1. The van der Waals surface area contributed by atoms with Crippen LogP contribution in [0, 0.1) is 0 Å². The molecule has 0 atom stereocenters. The average molecular weight is 395 g/mol. The Morgan fingerprint density at radius 3 is 2.63 bits per heavy atom. The average Bonchev–Trinajstić information content (AvgIpc) is 3.43. The van der Waals surface area contributed by atoms with Crippen LogP contribution in [0.1, 0.15) is 24.5 Å². The van der Waals surface area contributed by atoms with E-state index in [-0.39, 0.29) is 0 Å². The van der Waals surface area contributed by atoms with Crippen molar-refractivity contribution in [2.45, 2.75) is 18.8 Å². The van der Waals surface area contributed by atoms with Crippen molar-refractivity contribution in [2.24, 2.45) is 0 Å². The molecule has 1 aliphatic rings.